The van der Waals surface area contributed by atoms with E-state index >= 15 is 0 Å². The van der Waals surface area contributed by atoms with E-state index in [-0.39, 0.29) is 18.8 Å². The second kappa shape index (κ2) is 6.03. The zero-order valence-electron chi connectivity index (χ0n) is 10.4. The molecular weight excluding hydrogens is 247 g/mol. The SMILES string of the molecule is Cn1ccc(COc2ccc(C#CCO)c(F)c2)n1. The maximum Gasteiger partial charge on any atom is 0.142 e. The van der Waals surface area contributed by atoms with Crippen LogP contribution in [0.3, 0.4) is 0 Å². The van der Waals surface area contributed by atoms with Crippen LogP contribution in [-0.2, 0) is 13.7 Å². The van der Waals surface area contributed by atoms with E-state index in [4.69, 9.17) is 9.84 Å². The third-order valence-electron chi connectivity index (χ3n) is 2.40. The van der Waals surface area contributed by atoms with Gasteiger partial charge in [0.1, 0.15) is 24.8 Å². The molecule has 1 heterocycles. The molecule has 5 heteroatoms. The Morgan fingerprint density at radius 2 is 2.26 bits per heavy atom. The molecule has 0 atom stereocenters. The van der Waals surface area contributed by atoms with Crippen molar-refractivity contribution >= 4 is 0 Å². The van der Waals surface area contributed by atoms with Gasteiger partial charge in [0, 0.05) is 19.3 Å². The van der Waals surface area contributed by atoms with Crippen molar-refractivity contribution in [1.29, 1.82) is 0 Å². The number of nitrogens with zero attached hydrogens (tertiary/aromatic N) is 2. The Labute approximate surface area is 110 Å². The van der Waals surface area contributed by atoms with Crippen molar-refractivity contribution < 1.29 is 14.2 Å². The van der Waals surface area contributed by atoms with Crippen molar-refractivity contribution in [1.82, 2.24) is 9.78 Å². The summed E-state index contributed by atoms with van der Waals surface area (Å²) in [6.07, 6.45) is 1.81. The van der Waals surface area contributed by atoms with Gasteiger partial charge in [0.05, 0.1) is 11.3 Å². The molecule has 0 fully saturated rings. The Morgan fingerprint density at radius 3 is 2.89 bits per heavy atom. The zero-order valence-corrected chi connectivity index (χ0v) is 10.4. The van der Waals surface area contributed by atoms with Gasteiger partial charge >= 0.3 is 0 Å². The average molecular weight is 260 g/mol. The summed E-state index contributed by atoms with van der Waals surface area (Å²) in [5, 5.41) is 12.7. The summed E-state index contributed by atoms with van der Waals surface area (Å²) >= 11 is 0. The van der Waals surface area contributed by atoms with Crippen LogP contribution >= 0.6 is 0 Å². The summed E-state index contributed by atoms with van der Waals surface area (Å²) in [4.78, 5) is 0. The highest BCUT2D eigenvalue weighted by Gasteiger charge is 2.03. The summed E-state index contributed by atoms with van der Waals surface area (Å²) in [6, 6.07) is 6.25. The van der Waals surface area contributed by atoms with Crippen molar-refractivity contribution in [3.05, 3.63) is 47.5 Å². The molecule has 0 saturated carbocycles. The molecule has 0 bridgehead atoms. The molecule has 1 aromatic carbocycles. The van der Waals surface area contributed by atoms with Crippen molar-refractivity contribution in [2.45, 2.75) is 6.61 Å². The van der Waals surface area contributed by atoms with Gasteiger partial charge in [0.15, 0.2) is 0 Å². The van der Waals surface area contributed by atoms with Crippen LogP contribution in [0.1, 0.15) is 11.3 Å². The number of aromatic nitrogens is 2. The van der Waals surface area contributed by atoms with Gasteiger partial charge in [-0.1, -0.05) is 11.8 Å². The fourth-order valence-corrected chi connectivity index (χ4v) is 1.52. The van der Waals surface area contributed by atoms with Crippen LogP contribution in [-0.4, -0.2) is 21.5 Å². The molecule has 0 spiro atoms. The van der Waals surface area contributed by atoms with E-state index in [0.717, 1.165) is 5.69 Å². The minimum absolute atomic E-state index is 0.235. The highest BCUT2D eigenvalue weighted by molar-refractivity contribution is 5.39. The lowest BCUT2D eigenvalue weighted by molar-refractivity contribution is 0.298. The van der Waals surface area contributed by atoms with E-state index in [9.17, 15) is 4.39 Å². The molecule has 2 aromatic rings. The van der Waals surface area contributed by atoms with Crippen LogP contribution in [0.15, 0.2) is 30.5 Å². The minimum atomic E-state index is -0.473. The number of aliphatic hydroxyl groups excluding tert-OH is 1. The number of benzene rings is 1. The van der Waals surface area contributed by atoms with Crippen molar-refractivity contribution in [2.24, 2.45) is 7.05 Å². The van der Waals surface area contributed by atoms with E-state index in [0.29, 0.717) is 5.75 Å². The lowest BCUT2D eigenvalue weighted by Gasteiger charge is -2.04. The molecule has 0 amide bonds. The number of ether oxygens (including phenoxy) is 1. The van der Waals surface area contributed by atoms with Gasteiger partial charge in [-0.05, 0) is 18.2 Å². The summed E-state index contributed by atoms with van der Waals surface area (Å²) in [6.45, 7) is -0.0146. The molecule has 0 saturated heterocycles. The number of rotatable bonds is 3. The lowest BCUT2D eigenvalue weighted by Crippen LogP contribution is -1.98. The first-order valence-corrected chi connectivity index (χ1v) is 5.69. The molecule has 0 aliphatic rings. The summed E-state index contributed by atoms with van der Waals surface area (Å²) in [5.41, 5.74) is 1.01. The molecule has 0 unspecified atom stereocenters. The van der Waals surface area contributed by atoms with Crippen LogP contribution in [0.5, 0.6) is 5.75 Å². The Hall–Kier alpha value is -2.32. The normalized spacial score (nSPS) is 9.84. The molecule has 98 valence electrons. The number of aryl methyl sites for hydroxylation is 1. The molecule has 4 nitrogen and oxygen atoms in total. The molecule has 19 heavy (non-hydrogen) atoms. The zero-order chi connectivity index (χ0) is 13.7. The standard InChI is InChI=1S/C14H13FN2O2/c1-17-7-6-12(16-17)10-19-13-5-4-11(3-2-8-18)14(15)9-13/h4-7,9,18H,8,10H2,1H3. The predicted molar refractivity (Wildman–Crippen MR) is 67.9 cm³/mol. The van der Waals surface area contributed by atoms with Gasteiger partial charge in [-0.15, -0.1) is 0 Å². The second-order valence-electron chi connectivity index (χ2n) is 3.87. The van der Waals surface area contributed by atoms with E-state index in [1.807, 2.05) is 19.3 Å². The Morgan fingerprint density at radius 1 is 1.42 bits per heavy atom. The first-order chi connectivity index (χ1) is 9.19. The van der Waals surface area contributed by atoms with Crippen LogP contribution in [0.2, 0.25) is 0 Å². The summed E-state index contributed by atoms with van der Waals surface area (Å²) in [5.74, 6) is 4.86. The predicted octanol–water partition coefficient (Wildman–Crippen LogP) is 1.48. The van der Waals surface area contributed by atoms with Crippen LogP contribution < -0.4 is 4.74 Å². The summed E-state index contributed by atoms with van der Waals surface area (Å²) < 4.78 is 20.7. The van der Waals surface area contributed by atoms with E-state index in [1.165, 1.54) is 12.1 Å². The van der Waals surface area contributed by atoms with Gasteiger partial charge in [0.2, 0.25) is 0 Å². The third kappa shape index (κ3) is 3.57. The van der Waals surface area contributed by atoms with Gasteiger partial charge in [-0.3, -0.25) is 4.68 Å². The molecule has 0 radical (unpaired) electrons. The molecular formula is C14H13FN2O2. The Bertz CT molecular complexity index is 626. The van der Waals surface area contributed by atoms with E-state index < -0.39 is 5.82 Å². The highest BCUT2D eigenvalue weighted by atomic mass is 19.1. The van der Waals surface area contributed by atoms with Crippen molar-refractivity contribution in [2.75, 3.05) is 6.61 Å². The second-order valence-corrected chi connectivity index (χ2v) is 3.87. The fraction of sp³-hybridized carbons (Fsp3) is 0.214. The van der Waals surface area contributed by atoms with E-state index in [2.05, 4.69) is 16.9 Å². The van der Waals surface area contributed by atoms with Crippen molar-refractivity contribution in [3.63, 3.8) is 0 Å². The summed E-state index contributed by atoms with van der Waals surface area (Å²) in [7, 11) is 1.82. The first kappa shape index (κ1) is 13.1. The van der Waals surface area contributed by atoms with Gasteiger partial charge < -0.3 is 9.84 Å². The number of halogens is 1. The first-order valence-electron chi connectivity index (χ1n) is 5.69. The minimum Gasteiger partial charge on any atom is -0.487 e. The topological polar surface area (TPSA) is 47.3 Å². The smallest absolute Gasteiger partial charge is 0.142 e. The quantitative estimate of drug-likeness (QED) is 0.850. The highest BCUT2D eigenvalue weighted by Crippen LogP contribution is 2.17. The Balaban J connectivity index is 2.03. The van der Waals surface area contributed by atoms with E-state index in [1.54, 1.807) is 10.7 Å². The van der Waals surface area contributed by atoms with Crippen LogP contribution in [0, 0.1) is 17.7 Å². The van der Waals surface area contributed by atoms with Gasteiger partial charge in [0.25, 0.3) is 0 Å². The van der Waals surface area contributed by atoms with Gasteiger partial charge in [-0.2, -0.15) is 5.10 Å². The molecule has 1 aromatic heterocycles. The van der Waals surface area contributed by atoms with Gasteiger partial charge in [-0.25, -0.2) is 4.39 Å². The fourth-order valence-electron chi connectivity index (χ4n) is 1.52. The largest absolute Gasteiger partial charge is 0.487 e. The molecule has 1 N–H and O–H groups in total. The lowest BCUT2D eigenvalue weighted by atomic mass is 10.2. The maximum absolute atomic E-state index is 13.6. The van der Waals surface area contributed by atoms with Crippen molar-refractivity contribution in [3.8, 4) is 17.6 Å². The van der Waals surface area contributed by atoms with Crippen LogP contribution in [0.25, 0.3) is 0 Å². The number of hydrogen-bond acceptors (Lipinski definition) is 3. The monoisotopic (exact) mass is 260 g/mol. The Kier molecular flexibility index (Phi) is 4.16. The number of aliphatic hydroxyl groups is 1. The molecule has 2 rings (SSSR count). The third-order valence-corrected chi connectivity index (χ3v) is 2.40. The average Bonchev–Trinajstić information content (AvgIpc) is 2.81. The molecule has 0 aliphatic carbocycles. The van der Waals surface area contributed by atoms with Crippen LogP contribution in [0.4, 0.5) is 4.39 Å². The molecule has 0 aliphatic heterocycles. The maximum atomic E-state index is 13.6. The number of hydrogen-bond donors (Lipinski definition) is 1.